The van der Waals surface area contributed by atoms with Crippen LogP contribution >= 0.6 is 0 Å². The van der Waals surface area contributed by atoms with Crippen molar-refractivity contribution in [2.24, 2.45) is 0 Å². The van der Waals surface area contributed by atoms with Gasteiger partial charge in [-0.1, -0.05) is 0 Å². The van der Waals surface area contributed by atoms with Crippen molar-refractivity contribution in [2.75, 3.05) is 46.6 Å². The molecule has 130 valence electrons. The van der Waals surface area contributed by atoms with Crippen LogP contribution in [0.15, 0.2) is 0 Å². The van der Waals surface area contributed by atoms with Gasteiger partial charge in [-0.3, -0.25) is 0 Å². The Kier molecular flexibility index (Phi) is 8.75. The van der Waals surface area contributed by atoms with Crippen molar-refractivity contribution < 1.29 is 19.0 Å². The number of likely N-dealkylation sites (tertiary alicyclic amines) is 1. The lowest BCUT2D eigenvalue weighted by molar-refractivity contribution is 0.0291. The lowest BCUT2D eigenvalue weighted by Crippen LogP contribution is -2.38. The number of ether oxygens (including phenoxy) is 3. The van der Waals surface area contributed by atoms with Gasteiger partial charge in [0.25, 0.3) is 0 Å². The largest absolute Gasteiger partial charge is 0.444 e. The van der Waals surface area contributed by atoms with E-state index in [-0.39, 0.29) is 6.09 Å². The smallest absolute Gasteiger partial charge is 0.410 e. The highest BCUT2D eigenvalue weighted by Gasteiger charge is 2.29. The zero-order valence-corrected chi connectivity index (χ0v) is 14.5. The summed E-state index contributed by atoms with van der Waals surface area (Å²) in [7, 11) is 1.68. The van der Waals surface area contributed by atoms with Crippen LogP contribution in [-0.4, -0.2) is 69.2 Å². The molecular weight excluding hydrogens is 284 g/mol. The summed E-state index contributed by atoms with van der Waals surface area (Å²) in [5, 5.41) is 3.50. The Morgan fingerprint density at radius 2 is 2.00 bits per heavy atom. The summed E-state index contributed by atoms with van der Waals surface area (Å²) in [4.78, 5) is 13.7. The van der Waals surface area contributed by atoms with Crippen LogP contribution in [0.1, 0.15) is 40.0 Å². The molecule has 0 saturated carbocycles. The average molecular weight is 316 g/mol. The van der Waals surface area contributed by atoms with Gasteiger partial charge >= 0.3 is 6.09 Å². The molecule has 0 bridgehead atoms. The molecule has 1 heterocycles. The summed E-state index contributed by atoms with van der Waals surface area (Å²) < 4.78 is 15.7. The standard InChI is InChI=1S/C16H32N2O4/c1-16(2,3)22-15(19)18-9-7-14(13-18)17-8-5-6-10-21-12-11-20-4/h14,17H,5-13H2,1-4H3. The van der Waals surface area contributed by atoms with E-state index in [2.05, 4.69) is 5.32 Å². The molecule has 0 radical (unpaired) electrons. The zero-order chi connectivity index (χ0) is 16.4. The summed E-state index contributed by atoms with van der Waals surface area (Å²) in [6.45, 7) is 10.2. The number of carbonyl (C=O) groups is 1. The lowest BCUT2D eigenvalue weighted by Gasteiger charge is -2.24. The topological polar surface area (TPSA) is 60.0 Å². The van der Waals surface area contributed by atoms with E-state index in [1.54, 1.807) is 12.0 Å². The Balaban J connectivity index is 2.03. The Bertz CT molecular complexity index is 318. The lowest BCUT2D eigenvalue weighted by atomic mass is 10.2. The van der Waals surface area contributed by atoms with Crippen LogP contribution in [0.2, 0.25) is 0 Å². The van der Waals surface area contributed by atoms with Gasteiger partial charge < -0.3 is 24.4 Å². The molecule has 1 atom stereocenters. The van der Waals surface area contributed by atoms with Crippen molar-refractivity contribution in [3.05, 3.63) is 0 Å². The van der Waals surface area contributed by atoms with Gasteiger partial charge in [0, 0.05) is 32.8 Å². The second-order valence-corrected chi connectivity index (χ2v) is 6.68. The maximum atomic E-state index is 12.0. The van der Waals surface area contributed by atoms with Crippen molar-refractivity contribution in [2.45, 2.75) is 51.7 Å². The van der Waals surface area contributed by atoms with Gasteiger partial charge in [-0.15, -0.1) is 0 Å². The number of nitrogens with one attached hydrogen (secondary N) is 1. The van der Waals surface area contributed by atoms with E-state index < -0.39 is 5.60 Å². The van der Waals surface area contributed by atoms with Gasteiger partial charge in [0.15, 0.2) is 0 Å². The summed E-state index contributed by atoms with van der Waals surface area (Å²) in [6, 6.07) is 0.377. The Morgan fingerprint density at radius 3 is 2.68 bits per heavy atom. The molecule has 0 aromatic heterocycles. The normalized spacial score (nSPS) is 18.7. The number of rotatable bonds is 9. The summed E-state index contributed by atoms with van der Waals surface area (Å²) in [5.41, 5.74) is -0.425. The molecule has 0 aliphatic carbocycles. The highest BCUT2D eigenvalue weighted by molar-refractivity contribution is 5.68. The molecule has 1 aliphatic rings. The summed E-state index contributed by atoms with van der Waals surface area (Å²) >= 11 is 0. The van der Waals surface area contributed by atoms with E-state index in [9.17, 15) is 4.79 Å². The third-order valence-electron chi connectivity index (χ3n) is 3.42. The first kappa shape index (κ1) is 19.2. The fraction of sp³-hybridized carbons (Fsp3) is 0.938. The molecular formula is C16H32N2O4. The first-order valence-electron chi connectivity index (χ1n) is 8.20. The van der Waals surface area contributed by atoms with Crippen LogP contribution < -0.4 is 5.32 Å². The maximum Gasteiger partial charge on any atom is 0.410 e. The summed E-state index contributed by atoms with van der Waals surface area (Å²) in [5.74, 6) is 0. The van der Waals surface area contributed by atoms with Gasteiger partial charge in [-0.25, -0.2) is 4.79 Å². The third-order valence-corrected chi connectivity index (χ3v) is 3.42. The SMILES string of the molecule is COCCOCCCCNC1CCN(C(=O)OC(C)(C)C)C1. The zero-order valence-electron chi connectivity index (χ0n) is 14.5. The third kappa shape index (κ3) is 8.56. The van der Waals surface area contributed by atoms with Crippen LogP contribution in [0.4, 0.5) is 4.79 Å². The highest BCUT2D eigenvalue weighted by Crippen LogP contribution is 2.15. The van der Waals surface area contributed by atoms with Crippen LogP contribution in [0, 0.1) is 0 Å². The van der Waals surface area contributed by atoms with Gasteiger partial charge in [0.1, 0.15) is 5.60 Å². The summed E-state index contributed by atoms with van der Waals surface area (Å²) in [6.07, 6.45) is 2.90. The van der Waals surface area contributed by atoms with Crippen LogP contribution in [0.25, 0.3) is 0 Å². The van der Waals surface area contributed by atoms with Gasteiger partial charge in [-0.2, -0.15) is 0 Å². The van der Waals surface area contributed by atoms with Crippen molar-refractivity contribution in [3.8, 4) is 0 Å². The molecule has 1 fully saturated rings. The van der Waals surface area contributed by atoms with E-state index in [4.69, 9.17) is 14.2 Å². The monoisotopic (exact) mass is 316 g/mol. The van der Waals surface area contributed by atoms with E-state index in [1.165, 1.54) is 0 Å². The fourth-order valence-corrected chi connectivity index (χ4v) is 2.30. The predicted octanol–water partition coefficient (Wildman–Crippen LogP) is 2.03. The Morgan fingerprint density at radius 1 is 1.23 bits per heavy atom. The molecule has 6 nitrogen and oxygen atoms in total. The molecule has 1 unspecified atom stereocenters. The van der Waals surface area contributed by atoms with E-state index in [0.29, 0.717) is 19.3 Å². The highest BCUT2D eigenvalue weighted by atomic mass is 16.6. The second kappa shape index (κ2) is 10.0. The number of nitrogens with zero attached hydrogens (tertiary/aromatic N) is 1. The van der Waals surface area contributed by atoms with E-state index >= 15 is 0 Å². The van der Waals surface area contributed by atoms with Gasteiger partial charge in [-0.05, 0) is 46.6 Å². The van der Waals surface area contributed by atoms with E-state index in [1.807, 2.05) is 20.8 Å². The number of carbonyl (C=O) groups excluding carboxylic acids is 1. The number of amides is 1. The number of unbranched alkanes of at least 4 members (excludes halogenated alkanes) is 1. The molecule has 1 rings (SSSR count). The van der Waals surface area contributed by atoms with Crippen LogP contribution in [-0.2, 0) is 14.2 Å². The van der Waals surface area contributed by atoms with Crippen molar-refractivity contribution in [1.29, 1.82) is 0 Å². The molecule has 1 saturated heterocycles. The Hall–Kier alpha value is -0.850. The quantitative estimate of drug-likeness (QED) is 0.660. The number of hydrogen-bond donors (Lipinski definition) is 1. The second-order valence-electron chi connectivity index (χ2n) is 6.68. The molecule has 0 spiro atoms. The van der Waals surface area contributed by atoms with Gasteiger partial charge in [0.2, 0.25) is 0 Å². The number of methoxy groups -OCH3 is 1. The maximum absolute atomic E-state index is 12.0. The average Bonchev–Trinajstić information content (AvgIpc) is 2.89. The van der Waals surface area contributed by atoms with Crippen molar-refractivity contribution in [1.82, 2.24) is 10.2 Å². The molecule has 0 aromatic rings. The molecule has 1 N–H and O–H groups in total. The minimum Gasteiger partial charge on any atom is -0.444 e. The number of hydrogen-bond acceptors (Lipinski definition) is 5. The van der Waals surface area contributed by atoms with Crippen molar-refractivity contribution in [3.63, 3.8) is 0 Å². The minimum atomic E-state index is -0.425. The first-order chi connectivity index (χ1) is 10.4. The predicted molar refractivity (Wildman–Crippen MR) is 86.1 cm³/mol. The molecule has 1 aliphatic heterocycles. The van der Waals surface area contributed by atoms with Crippen molar-refractivity contribution >= 4 is 6.09 Å². The molecule has 0 aromatic carbocycles. The fourth-order valence-electron chi connectivity index (χ4n) is 2.30. The molecule has 22 heavy (non-hydrogen) atoms. The van der Waals surface area contributed by atoms with Crippen LogP contribution in [0.3, 0.4) is 0 Å². The molecule has 1 amide bonds. The van der Waals surface area contributed by atoms with E-state index in [0.717, 1.165) is 45.5 Å². The minimum absolute atomic E-state index is 0.205. The van der Waals surface area contributed by atoms with Gasteiger partial charge in [0.05, 0.1) is 13.2 Å². The first-order valence-corrected chi connectivity index (χ1v) is 8.20. The molecule has 6 heteroatoms. The Labute approximate surface area is 134 Å². The van der Waals surface area contributed by atoms with Crippen LogP contribution in [0.5, 0.6) is 0 Å².